The number of benzene rings is 1. The Kier molecular flexibility index (Phi) is 4.40. The summed E-state index contributed by atoms with van der Waals surface area (Å²) in [5.41, 5.74) is 0.506. The van der Waals surface area contributed by atoms with E-state index in [9.17, 15) is 4.79 Å². The standard InChI is InChI=1S/C18H20O5/c1-4-8-13-15-16(23-18(2,3)22-15)14(21-13)11-20-17(19)12-9-6-5-7-10-12/h1,5-7,9-10,13-16H,8,11H2,2-3H3/t13-,14-,15+,16-/m1/s1. The average Bonchev–Trinajstić information content (AvgIpc) is 3.00. The minimum Gasteiger partial charge on any atom is -0.459 e. The van der Waals surface area contributed by atoms with Crippen LogP contribution in [0.1, 0.15) is 30.6 Å². The van der Waals surface area contributed by atoms with Gasteiger partial charge in [0.05, 0.1) is 11.7 Å². The fraction of sp³-hybridized carbons (Fsp3) is 0.500. The highest BCUT2D eigenvalue weighted by Gasteiger charge is 2.55. The monoisotopic (exact) mass is 316 g/mol. The van der Waals surface area contributed by atoms with Crippen LogP contribution in [0.3, 0.4) is 0 Å². The van der Waals surface area contributed by atoms with Crippen LogP contribution < -0.4 is 0 Å². The Balaban J connectivity index is 1.64. The zero-order valence-corrected chi connectivity index (χ0v) is 13.2. The first-order chi connectivity index (χ1) is 11.0. The van der Waals surface area contributed by atoms with Gasteiger partial charge in [0, 0.05) is 6.42 Å². The first-order valence-corrected chi connectivity index (χ1v) is 7.67. The van der Waals surface area contributed by atoms with Gasteiger partial charge in [-0.15, -0.1) is 12.3 Å². The number of ether oxygens (including phenoxy) is 4. The summed E-state index contributed by atoms with van der Waals surface area (Å²) in [6.45, 7) is 3.81. The van der Waals surface area contributed by atoms with E-state index in [0.29, 0.717) is 12.0 Å². The third-order valence-corrected chi connectivity index (χ3v) is 3.95. The quantitative estimate of drug-likeness (QED) is 0.629. The number of fused-ring (bicyclic) bond motifs is 1. The van der Waals surface area contributed by atoms with Crippen molar-refractivity contribution in [3.8, 4) is 12.3 Å². The molecule has 1 aromatic carbocycles. The van der Waals surface area contributed by atoms with Crippen molar-refractivity contribution >= 4 is 5.97 Å². The number of carbonyl (C=O) groups excluding carboxylic acids is 1. The largest absolute Gasteiger partial charge is 0.459 e. The maximum atomic E-state index is 12.0. The van der Waals surface area contributed by atoms with Crippen LogP contribution in [0.25, 0.3) is 0 Å². The number of rotatable bonds is 4. The minimum absolute atomic E-state index is 0.107. The highest BCUT2D eigenvalue weighted by molar-refractivity contribution is 5.89. The SMILES string of the molecule is C#CC[C@H]1O[C@H](COC(=O)c2ccccc2)[C@H]2OC(C)(C)O[C@H]21. The molecule has 0 radical (unpaired) electrons. The van der Waals surface area contributed by atoms with Crippen molar-refractivity contribution in [1.82, 2.24) is 0 Å². The molecule has 3 rings (SSSR count). The fourth-order valence-corrected chi connectivity index (χ4v) is 3.00. The Hall–Kier alpha value is -1.87. The Morgan fingerprint density at radius 3 is 2.52 bits per heavy atom. The van der Waals surface area contributed by atoms with Gasteiger partial charge in [-0.3, -0.25) is 0 Å². The van der Waals surface area contributed by atoms with Crippen LogP contribution in [-0.4, -0.2) is 42.8 Å². The molecule has 0 aliphatic carbocycles. The van der Waals surface area contributed by atoms with E-state index in [-0.39, 0.29) is 37.0 Å². The van der Waals surface area contributed by atoms with E-state index in [1.807, 2.05) is 19.9 Å². The number of hydrogen-bond acceptors (Lipinski definition) is 5. The van der Waals surface area contributed by atoms with Crippen LogP contribution in [0, 0.1) is 12.3 Å². The zero-order valence-electron chi connectivity index (χ0n) is 13.2. The third-order valence-electron chi connectivity index (χ3n) is 3.95. The van der Waals surface area contributed by atoms with E-state index in [1.165, 1.54) is 0 Å². The number of esters is 1. The van der Waals surface area contributed by atoms with Gasteiger partial charge in [-0.2, -0.15) is 0 Å². The van der Waals surface area contributed by atoms with Gasteiger partial charge >= 0.3 is 5.97 Å². The molecule has 0 aromatic heterocycles. The molecule has 2 aliphatic rings. The summed E-state index contributed by atoms with van der Waals surface area (Å²) in [6, 6.07) is 8.84. The van der Waals surface area contributed by atoms with Crippen LogP contribution in [0.2, 0.25) is 0 Å². The number of terminal acetylenes is 1. The molecule has 0 saturated carbocycles. The second-order valence-corrected chi connectivity index (χ2v) is 6.15. The second kappa shape index (κ2) is 6.32. The van der Waals surface area contributed by atoms with Crippen LogP contribution in [0.15, 0.2) is 30.3 Å². The predicted octanol–water partition coefficient (Wildman–Crippen LogP) is 2.15. The lowest BCUT2D eigenvalue weighted by Gasteiger charge is -2.23. The summed E-state index contributed by atoms with van der Waals surface area (Å²) < 4.78 is 23.0. The van der Waals surface area contributed by atoms with Gasteiger partial charge in [0.1, 0.15) is 24.9 Å². The number of hydrogen-bond donors (Lipinski definition) is 0. The Morgan fingerprint density at radius 1 is 1.22 bits per heavy atom. The van der Waals surface area contributed by atoms with Crippen molar-refractivity contribution in [2.75, 3.05) is 6.61 Å². The van der Waals surface area contributed by atoms with Crippen LogP contribution in [0.4, 0.5) is 0 Å². The highest BCUT2D eigenvalue weighted by Crippen LogP contribution is 2.39. The molecule has 122 valence electrons. The summed E-state index contributed by atoms with van der Waals surface area (Å²) in [7, 11) is 0. The van der Waals surface area contributed by atoms with E-state index >= 15 is 0 Å². The molecule has 2 aliphatic heterocycles. The first-order valence-electron chi connectivity index (χ1n) is 7.67. The number of carbonyl (C=O) groups is 1. The summed E-state index contributed by atoms with van der Waals surface area (Å²) in [5.74, 6) is 1.52. The predicted molar refractivity (Wildman–Crippen MR) is 82.7 cm³/mol. The topological polar surface area (TPSA) is 54.0 Å². The molecule has 0 bridgehead atoms. The van der Waals surface area contributed by atoms with Gasteiger partial charge in [0.2, 0.25) is 0 Å². The summed E-state index contributed by atoms with van der Waals surface area (Å²) in [6.07, 6.45) is 4.68. The van der Waals surface area contributed by atoms with Crippen LogP contribution in [-0.2, 0) is 18.9 Å². The third kappa shape index (κ3) is 3.40. The molecule has 5 heteroatoms. The average molecular weight is 316 g/mol. The Labute approximate surface area is 135 Å². The Morgan fingerprint density at radius 2 is 1.87 bits per heavy atom. The van der Waals surface area contributed by atoms with Crippen molar-refractivity contribution in [3.05, 3.63) is 35.9 Å². The van der Waals surface area contributed by atoms with E-state index in [4.69, 9.17) is 25.4 Å². The molecule has 4 atom stereocenters. The second-order valence-electron chi connectivity index (χ2n) is 6.15. The molecule has 2 saturated heterocycles. The van der Waals surface area contributed by atoms with Crippen molar-refractivity contribution in [2.45, 2.75) is 50.5 Å². The molecular formula is C18H20O5. The van der Waals surface area contributed by atoms with E-state index in [0.717, 1.165) is 0 Å². The summed E-state index contributed by atoms with van der Waals surface area (Å²) in [5, 5.41) is 0. The van der Waals surface area contributed by atoms with Gasteiger partial charge < -0.3 is 18.9 Å². The van der Waals surface area contributed by atoms with Gasteiger partial charge in [0.15, 0.2) is 5.79 Å². The normalized spacial score (nSPS) is 31.3. The first kappa shape index (κ1) is 16.0. The maximum absolute atomic E-state index is 12.0. The maximum Gasteiger partial charge on any atom is 0.338 e. The van der Waals surface area contributed by atoms with Crippen molar-refractivity contribution in [2.24, 2.45) is 0 Å². The molecule has 0 amide bonds. The highest BCUT2D eigenvalue weighted by atomic mass is 16.8. The van der Waals surface area contributed by atoms with E-state index in [1.54, 1.807) is 24.3 Å². The molecule has 2 heterocycles. The Bertz CT molecular complexity index is 604. The lowest BCUT2D eigenvalue weighted by atomic mass is 10.1. The zero-order chi connectivity index (χ0) is 16.4. The molecular weight excluding hydrogens is 296 g/mol. The van der Waals surface area contributed by atoms with Crippen molar-refractivity contribution < 1.29 is 23.7 Å². The minimum atomic E-state index is -0.687. The van der Waals surface area contributed by atoms with Gasteiger partial charge in [0.25, 0.3) is 0 Å². The molecule has 5 nitrogen and oxygen atoms in total. The van der Waals surface area contributed by atoms with Crippen molar-refractivity contribution in [1.29, 1.82) is 0 Å². The van der Waals surface area contributed by atoms with E-state index in [2.05, 4.69) is 5.92 Å². The lowest BCUT2D eigenvalue weighted by molar-refractivity contribution is -0.189. The van der Waals surface area contributed by atoms with Gasteiger partial charge in [-0.1, -0.05) is 18.2 Å². The van der Waals surface area contributed by atoms with Crippen LogP contribution in [0.5, 0.6) is 0 Å². The van der Waals surface area contributed by atoms with E-state index < -0.39 is 5.79 Å². The molecule has 0 N–H and O–H groups in total. The molecule has 0 unspecified atom stereocenters. The van der Waals surface area contributed by atoms with Crippen molar-refractivity contribution in [3.63, 3.8) is 0 Å². The molecule has 2 fully saturated rings. The lowest BCUT2D eigenvalue weighted by Crippen LogP contribution is -2.33. The smallest absolute Gasteiger partial charge is 0.338 e. The fourth-order valence-electron chi connectivity index (χ4n) is 3.00. The summed E-state index contributed by atoms with van der Waals surface area (Å²) >= 11 is 0. The van der Waals surface area contributed by atoms with Gasteiger partial charge in [-0.25, -0.2) is 4.79 Å². The molecule has 23 heavy (non-hydrogen) atoms. The van der Waals surface area contributed by atoms with Crippen LogP contribution >= 0.6 is 0 Å². The molecule has 0 spiro atoms. The summed E-state index contributed by atoms with van der Waals surface area (Å²) in [4.78, 5) is 12.0. The van der Waals surface area contributed by atoms with Gasteiger partial charge in [-0.05, 0) is 26.0 Å². The molecule has 1 aromatic rings.